The molecular formula is C28H34N4O4S. The molecule has 0 spiro atoms. The topological polar surface area (TPSA) is 91.0 Å². The van der Waals surface area contributed by atoms with Crippen LogP contribution in [0.15, 0.2) is 54.6 Å². The number of hydrogen-bond acceptors (Lipinski definition) is 6. The molecule has 37 heavy (non-hydrogen) atoms. The molecule has 3 atom stereocenters. The van der Waals surface area contributed by atoms with Crippen LogP contribution in [0.4, 0.5) is 0 Å². The first kappa shape index (κ1) is 25.8. The lowest BCUT2D eigenvalue weighted by atomic mass is 9.99. The molecule has 0 radical (unpaired) electrons. The minimum absolute atomic E-state index is 0.136. The van der Waals surface area contributed by atoms with Crippen molar-refractivity contribution in [3.63, 3.8) is 0 Å². The fourth-order valence-electron chi connectivity index (χ4n) is 5.41. The monoisotopic (exact) mass is 522 g/mol. The molecular weight excluding hydrogens is 488 g/mol. The number of ether oxygens (including phenoxy) is 1. The van der Waals surface area contributed by atoms with Gasteiger partial charge in [-0.3, -0.25) is 19.3 Å². The normalized spacial score (nSPS) is 23.3. The highest BCUT2D eigenvalue weighted by atomic mass is 32.2. The summed E-state index contributed by atoms with van der Waals surface area (Å²) in [5, 5.41) is 5.80. The second-order valence-corrected chi connectivity index (χ2v) is 12.0. The van der Waals surface area contributed by atoms with Gasteiger partial charge in [-0.15, -0.1) is 11.8 Å². The molecule has 0 aliphatic carbocycles. The van der Waals surface area contributed by atoms with E-state index in [9.17, 15) is 14.4 Å². The van der Waals surface area contributed by atoms with E-state index in [2.05, 4.69) is 15.5 Å². The number of carbonyl (C=O) groups excluding carboxylic acids is 3. The van der Waals surface area contributed by atoms with E-state index in [1.807, 2.05) is 68.4 Å². The van der Waals surface area contributed by atoms with Crippen molar-refractivity contribution in [1.29, 1.82) is 0 Å². The number of morpholine rings is 1. The van der Waals surface area contributed by atoms with Gasteiger partial charge in [0.05, 0.1) is 13.2 Å². The standard InChI is InChI=1S/C28H34N4O4S/c1-28(2)23(32-26(35)20-11-6-7-12-21(20)27(32)37-28)25(34)30-22(19-9-4-3-5-10-19)24(33)29-13-8-14-31-15-17-36-18-16-31/h3-7,9-12,22-23,27H,8,13-18H2,1-2H3,(H,29,33)(H,30,34)/t22-,23+,27+/m0/s1. The SMILES string of the molecule is CC1(C)S[C@@H]2c3ccccc3C(=O)N2[C@@H]1C(=O)N[C@H](C(=O)NCCCN1CCOCC1)c1ccccc1. The molecule has 0 saturated carbocycles. The highest BCUT2D eigenvalue weighted by Gasteiger charge is 2.57. The van der Waals surface area contributed by atoms with E-state index in [1.54, 1.807) is 16.7 Å². The Hall–Kier alpha value is -2.88. The summed E-state index contributed by atoms with van der Waals surface area (Å²) in [7, 11) is 0. The second-order valence-electron chi connectivity index (χ2n) is 10.2. The molecule has 5 rings (SSSR count). The van der Waals surface area contributed by atoms with E-state index in [0.717, 1.165) is 44.8 Å². The lowest BCUT2D eigenvalue weighted by molar-refractivity contribution is -0.132. The summed E-state index contributed by atoms with van der Waals surface area (Å²) in [4.78, 5) is 44.5. The average molecular weight is 523 g/mol. The summed E-state index contributed by atoms with van der Waals surface area (Å²) in [6, 6.07) is 15.2. The minimum Gasteiger partial charge on any atom is -0.379 e. The number of amides is 3. The van der Waals surface area contributed by atoms with E-state index >= 15 is 0 Å². The Kier molecular flexibility index (Phi) is 7.55. The van der Waals surface area contributed by atoms with Gasteiger partial charge < -0.3 is 20.3 Å². The van der Waals surface area contributed by atoms with Gasteiger partial charge in [-0.25, -0.2) is 0 Å². The number of benzene rings is 2. The Labute approximate surface area is 222 Å². The first-order valence-electron chi connectivity index (χ1n) is 12.9. The number of thioether (sulfide) groups is 1. The van der Waals surface area contributed by atoms with Crippen molar-refractivity contribution in [3.8, 4) is 0 Å². The van der Waals surface area contributed by atoms with Crippen molar-refractivity contribution in [3.05, 3.63) is 71.3 Å². The van der Waals surface area contributed by atoms with E-state index in [4.69, 9.17) is 4.74 Å². The van der Waals surface area contributed by atoms with Gasteiger partial charge in [0.25, 0.3) is 5.91 Å². The molecule has 3 heterocycles. The third-order valence-corrected chi connectivity index (χ3v) is 8.82. The summed E-state index contributed by atoms with van der Waals surface area (Å²) in [6.45, 7) is 8.68. The summed E-state index contributed by atoms with van der Waals surface area (Å²) in [5.41, 5.74) is 2.29. The Bertz CT molecular complexity index is 1150. The number of nitrogens with one attached hydrogen (secondary N) is 2. The molecule has 2 aromatic rings. The first-order valence-corrected chi connectivity index (χ1v) is 13.8. The van der Waals surface area contributed by atoms with Crippen LogP contribution in [0.1, 0.15) is 53.2 Å². The molecule has 0 aromatic heterocycles. The largest absolute Gasteiger partial charge is 0.379 e. The molecule has 2 fully saturated rings. The molecule has 3 amide bonds. The van der Waals surface area contributed by atoms with Gasteiger partial charge in [0.1, 0.15) is 17.5 Å². The van der Waals surface area contributed by atoms with Crippen LogP contribution in [0, 0.1) is 0 Å². The molecule has 3 aliphatic heterocycles. The van der Waals surface area contributed by atoms with E-state index in [1.165, 1.54) is 0 Å². The molecule has 0 bridgehead atoms. The summed E-state index contributed by atoms with van der Waals surface area (Å²) >= 11 is 1.61. The highest BCUT2D eigenvalue weighted by molar-refractivity contribution is 8.01. The van der Waals surface area contributed by atoms with Crippen LogP contribution < -0.4 is 10.6 Å². The van der Waals surface area contributed by atoms with E-state index in [0.29, 0.717) is 17.7 Å². The molecule has 2 saturated heterocycles. The molecule has 196 valence electrons. The van der Waals surface area contributed by atoms with E-state index < -0.39 is 16.8 Å². The summed E-state index contributed by atoms with van der Waals surface area (Å²) < 4.78 is 4.87. The van der Waals surface area contributed by atoms with Crippen LogP contribution >= 0.6 is 11.8 Å². The number of nitrogens with zero attached hydrogens (tertiary/aromatic N) is 2. The van der Waals surface area contributed by atoms with Crippen molar-refractivity contribution < 1.29 is 19.1 Å². The zero-order valence-electron chi connectivity index (χ0n) is 21.3. The third-order valence-electron chi connectivity index (χ3n) is 7.28. The predicted molar refractivity (Wildman–Crippen MR) is 143 cm³/mol. The van der Waals surface area contributed by atoms with Crippen molar-refractivity contribution in [1.82, 2.24) is 20.4 Å². The first-order chi connectivity index (χ1) is 17.9. The Morgan fingerprint density at radius 1 is 1.08 bits per heavy atom. The smallest absolute Gasteiger partial charge is 0.256 e. The molecule has 0 unspecified atom stereocenters. The Morgan fingerprint density at radius 2 is 1.78 bits per heavy atom. The molecule has 2 aromatic carbocycles. The average Bonchev–Trinajstić information content (AvgIpc) is 3.34. The van der Waals surface area contributed by atoms with E-state index in [-0.39, 0.29) is 23.1 Å². The zero-order chi connectivity index (χ0) is 26.0. The quantitative estimate of drug-likeness (QED) is 0.518. The number of fused-ring (bicyclic) bond motifs is 3. The lowest BCUT2D eigenvalue weighted by Crippen LogP contribution is -2.54. The number of hydrogen-bond donors (Lipinski definition) is 2. The minimum atomic E-state index is -0.850. The maximum atomic E-state index is 13.8. The number of rotatable bonds is 8. The van der Waals surface area contributed by atoms with Gasteiger partial charge in [0.2, 0.25) is 11.8 Å². The Balaban J connectivity index is 1.29. The van der Waals surface area contributed by atoms with Gasteiger partial charge >= 0.3 is 0 Å². The molecule has 3 aliphatic rings. The summed E-state index contributed by atoms with van der Waals surface area (Å²) in [5.74, 6) is -0.710. The van der Waals surface area contributed by atoms with Gasteiger partial charge in [-0.05, 0) is 44.0 Å². The van der Waals surface area contributed by atoms with Crippen LogP contribution in [0.25, 0.3) is 0 Å². The van der Waals surface area contributed by atoms with Crippen LogP contribution in [0.5, 0.6) is 0 Å². The third kappa shape index (κ3) is 5.26. The van der Waals surface area contributed by atoms with Gasteiger partial charge in [-0.1, -0.05) is 48.5 Å². The fourth-order valence-corrected chi connectivity index (χ4v) is 7.00. The van der Waals surface area contributed by atoms with Gasteiger partial charge in [0, 0.05) is 29.9 Å². The maximum absolute atomic E-state index is 13.8. The van der Waals surface area contributed by atoms with Crippen LogP contribution in [0.2, 0.25) is 0 Å². The van der Waals surface area contributed by atoms with Gasteiger partial charge in [-0.2, -0.15) is 0 Å². The van der Waals surface area contributed by atoms with Crippen LogP contribution in [-0.2, 0) is 14.3 Å². The second kappa shape index (κ2) is 10.8. The zero-order valence-corrected chi connectivity index (χ0v) is 22.1. The van der Waals surface area contributed by atoms with Crippen molar-refractivity contribution >= 4 is 29.5 Å². The van der Waals surface area contributed by atoms with Crippen LogP contribution in [-0.4, -0.2) is 77.7 Å². The fraction of sp³-hybridized carbons (Fsp3) is 0.464. The molecule has 2 N–H and O–H groups in total. The molecule has 8 nitrogen and oxygen atoms in total. The van der Waals surface area contributed by atoms with Crippen molar-refractivity contribution in [2.75, 3.05) is 39.4 Å². The van der Waals surface area contributed by atoms with Crippen molar-refractivity contribution in [2.45, 2.75) is 42.5 Å². The predicted octanol–water partition coefficient (Wildman–Crippen LogP) is 2.73. The van der Waals surface area contributed by atoms with Crippen LogP contribution in [0.3, 0.4) is 0 Å². The van der Waals surface area contributed by atoms with Crippen molar-refractivity contribution in [2.24, 2.45) is 0 Å². The molecule has 9 heteroatoms. The highest BCUT2D eigenvalue weighted by Crippen LogP contribution is 2.56. The van der Waals surface area contributed by atoms with Gasteiger partial charge in [0.15, 0.2) is 0 Å². The number of carbonyl (C=O) groups is 3. The lowest BCUT2D eigenvalue weighted by Gasteiger charge is -2.31. The Morgan fingerprint density at radius 3 is 2.54 bits per heavy atom. The summed E-state index contributed by atoms with van der Waals surface area (Å²) in [6.07, 6.45) is 0.815. The maximum Gasteiger partial charge on any atom is 0.256 e.